The first-order chi connectivity index (χ1) is 15.4. The molecule has 0 saturated carbocycles. The van der Waals surface area contributed by atoms with Crippen molar-refractivity contribution in [2.45, 2.75) is 46.1 Å². The fourth-order valence-electron chi connectivity index (χ4n) is 3.25. The summed E-state index contributed by atoms with van der Waals surface area (Å²) in [5.41, 5.74) is 2.27. The summed E-state index contributed by atoms with van der Waals surface area (Å²) < 4.78 is 20.3. The number of ether oxygens (including phenoxy) is 1. The lowest BCUT2D eigenvalue weighted by molar-refractivity contribution is -0.147. The minimum atomic E-state index is -0.621. The van der Waals surface area contributed by atoms with Crippen molar-refractivity contribution >= 4 is 28.6 Å². The van der Waals surface area contributed by atoms with E-state index < -0.39 is 24.3 Å². The van der Waals surface area contributed by atoms with E-state index in [0.717, 1.165) is 18.4 Å². The monoisotopic (exact) mass is 439 g/mol. The van der Waals surface area contributed by atoms with Gasteiger partial charge in [-0.25, -0.2) is 9.37 Å². The van der Waals surface area contributed by atoms with Crippen molar-refractivity contribution in [3.63, 3.8) is 0 Å². The Morgan fingerprint density at radius 2 is 1.97 bits per heavy atom. The van der Waals surface area contributed by atoms with Gasteiger partial charge in [-0.05, 0) is 43.2 Å². The standard InChI is InChI=1S/C24H26FN3O4/c1-3-4-13-28-21-8-6-5-7-19(21)27-20(24(28)31)11-12-23(30)32-15-22(29)26-17-10-9-16(2)18(25)14-17/h5-10,14H,3-4,11-13,15H2,1-2H3,(H,26,29). The largest absolute Gasteiger partial charge is 0.456 e. The summed E-state index contributed by atoms with van der Waals surface area (Å²) in [6.45, 7) is 3.75. The number of aryl methyl sites for hydroxylation is 3. The quantitative estimate of drug-likeness (QED) is 0.513. The number of fused-ring (bicyclic) bond motifs is 1. The van der Waals surface area contributed by atoms with Crippen LogP contribution in [0.1, 0.15) is 37.4 Å². The lowest BCUT2D eigenvalue weighted by Crippen LogP contribution is -2.27. The van der Waals surface area contributed by atoms with Crippen LogP contribution in [0.2, 0.25) is 0 Å². The Morgan fingerprint density at radius 1 is 1.19 bits per heavy atom. The molecule has 1 aromatic heterocycles. The van der Waals surface area contributed by atoms with Crippen LogP contribution < -0.4 is 10.9 Å². The van der Waals surface area contributed by atoms with Crippen LogP contribution in [0.3, 0.4) is 0 Å². The van der Waals surface area contributed by atoms with E-state index in [1.165, 1.54) is 6.07 Å². The Kier molecular flexibility index (Phi) is 7.70. The van der Waals surface area contributed by atoms with E-state index in [1.54, 1.807) is 23.6 Å². The van der Waals surface area contributed by atoms with Gasteiger partial charge in [0.2, 0.25) is 0 Å². The average molecular weight is 439 g/mol. The molecule has 2 aromatic carbocycles. The molecule has 168 valence electrons. The van der Waals surface area contributed by atoms with Crippen molar-refractivity contribution in [2.24, 2.45) is 0 Å². The zero-order chi connectivity index (χ0) is 23.1. The molecule has 0 aliphatic heterocycles. The van der Waals surface area contributed by atoms with Crippen LogP contribution in [0.4, 0.5) is 10.1 Å². The van der Waals surface area contributed by atoms with Gasteiger partial charge in [0.25, 0.3) is 11.5 Å². The number of rotatable bonds is 9. The zero-order valence-electron chi connectivity index (χ0n) is 18.2. The second kappa shape index (κ2) is 10.7. The molecule has 1 N–H and O–H groups in total. The molecule has 7 nitrogen and oxygen atoms in total. The molecule has 0 spiro atoms. The number of benzene rings is 2. The number of aromatic nitrogens is 2. The first kappa shape index (κ1) is 23.1. The smallest absolute Gasteiger partial charge is 0.306 e. The van der Waals surface area contributed by atoms with Crippen molar-refractivity contribution < 1.29 is 18.7 Å². The maximum atomic E-state index is 13.6. The topological polar surface area (TPSA) is 90.3 Å². The van der Waals surface area contributed by atoms with Gasteiger partial charge in [-0.3, -0.25) is 14.4 Å². The molecule has 0 radical (unpaired) electrons. The lowest BCUT2D eigenvalue weighted by Gasteiger charge is -2.12. The normalized spacial score (nSPS) is 10.8. The van der Waals surface area contributed by atoms with E-state index in [0.29, 0.717) is 17.6 Å². The summed E-state index contributed by atoms with van der Waals surface area (Å²) in [5, 5.41) is 2.47. The molecule has 0 fully saturated rings. The molecule has 1 amide bonds. The number of esters is 1. The summed E-state index contributed by atoms with van der Waals surface area (Å²) >= 11 is 0. The molecule has 0 saturated heterocycles. The SMILES string of the molecule is CCCCn1c(=O)c(CCC(=O)OCC(=O)Nc2ccc(C)c(F)c2)nc2ccccc21. The fraction of sp³-hybridized carbons (Fsp3) is 0.333. The minimum absolute atomic E-state index is 0.0825. The molecule has 3 aromatic rings. The summed E-state index contributed by atoms with van der Waals surface area (Å²) in [6.07, 6.45) is 1.83. The van der Waals surface area contributed by atoms with Crippen LogP contribution in [0, 0.1) is 12.7 Å². The maximum absolute atomic E-state index is 13.6. The van der Waals surface area contributed by atoms with Gasteiger partial charge in [0.05, 0.1) is 17.5 Å². The number of unbranched alkanes of at least 4 members (excludes halogenated alkanes) is 1. The Bertz CT molecular complexity index is 1190. The first-order valence-electron chi connectivity index (χ1n) is 10.6. The molecule has 0 bridgehead atoms. The van der Waals surface area contributed by atoms with Gasteiger partial charge >= 0.3 is 5.97 Å². The Morgan fingerprint density at radius 3 is 2.72 bits per heavy atom. The number of nitrogens with zero attached hydrogens (tertiary/aromatic N) is 2. The van der Waals surface area contributed by atoms with Gasteiger partial charge in [-0.1, -0.05) is 31.5 Å². The van der Waals surface area contributed by atoms with Crippen LogP contribution in [0.15, 0.2) is 47.3 Å². The number of nitrogens with one attached hydrogen (secondary N) is 1. The summed E-state index contributed by atoms with van der Waals surface area (Å²) in [7, 11) is 0. The molecule has 0 unspecified atom stereocenters. The van der Waals surface area contributed by atoms with Crippen molar-refractivity contribution in [3.05, 3.63) is 69.9 Å². The summed E-state index contributed by atoms with van der Waals surface area (Å²) in [5.74, 6) is -1.63. The molecule has 32 heavy (non-hydrogen) atoms. The Labute approximate surface area is 185 Å². The van der Waals surface area contributed by atoms with Crippen LogP contribution in [0.5, 0.6) is 0 Å². The van der Waals surface area contributed by atoms with Crippen LogP contribution in [0.25, 0.3) is 11.0 Å². The van der Waals surface area contributed by atoms with Crippen molar-refractivity contribution in [2.75, 3.05) is 11.9 Å². The minimum Gasteiger partial charge on any atom is -0.456 e. The number of halogens is 1. The molecule has 0 aliphatic carbocycles. The highest BCUT2D eigenvalue weighted by atomic mass is 19.1. The van der Waals surface area contributed by atoms with Gasteiger partial charge in [0.15, 0.2) is 6.61 Å². The van der Waals surface area contributed by atoms with Crippen LogP contribution >= 0.6 is 0 Å². The molecule has 0 atom stereocenters. The van der Waals surface area contributed by atoms with E-state index in [-0.39, 0.29) is 29.8 Å². The maximum Gasteiger partial charge on any atom is 0.306 e. The van der Waals surface area contributed by atoms with E-state index in [2.05, 4.69) is 17.2 Å². The second-order valence-corrected chi connectivity index (χ2v) is 7.53. The second-order valence-electron chi connectivity index (χ2n) is 7.53. The lowest BCUT2D eigenvalue weighted by atomic mass is 10.2. The van der Waals surface area contributed by atoms with Crippen molar-refractivity contribution in [1.82, 2.24) is 9.55 Å². The summed E-state index contributed by atoms with van der Waals surface area (Å²) in [4.78, 5) is 41.4. The van der Waals surface area contributed by atoms with Gasteiger partial charge in [-0.2, -0.15) is 0 Å². The number of hydrogen-bond acceptors (Lipinski definition) is 5. The highest BCUT2D eigenvalue weighted by Crippen LogP contribution is 2.14. The number of anilines is 1. The third kappa shape index (κ3) is 5.78. The summed E-state index contributed by atoms with van der Waals surface area (Å²) in [6, 6.07) is 11.7. The molecule has 8 heteroatoms. The van der Waals surface area contributed by atoms with Gasteiger partial charge in [0, 0.05) is 18.7 Å². The molecule has 1 heterocycles. The average Bonchev–Trinajstić information content (AvgIpc) is 2.78. The fourth-order valence-corrected chi connectivity index (χ4v) is 3.25. The number of hydrogen-bond donors (Lipinski definition) is 1. The predicted molar refractivity (Wildman–Crippen MR) is 120 cm³/mol. The number of carbonyl (C=O) groups is 2. The number of para-hydroxylation sites is 2. The highest BCUT2D eigenvalue weighted by molar-refractivity contribution is 5.92. The third-order valence-corrected chi connectivity index (χ3v) is 5.04. The van der Waals surface area contributed by atoms with Crippen LogP contribution in [-0.2, 0) is 27.3 Å². The van der Waals surface area contributed by atoms with E-state index in [9.17, 15) is 18.8 Å². The van der Waals surface area contributed by atoms with Crippen molar-refractivity contribution in [1.29, 1.82) is 0 Å². The van der Waals surface area contributed by atoms with Gasteiger partial charge in [0.1, 0.15) is 11.5 Å². The number of amides is 1. The first-order valence-corrected chi connectivity index (χ1v) is 10.6. The van der Waals surface area contributed by atoms with Gasteiger partial charge < -0.3 is 14.6 Å². The Hall–Kier alpha value is -3.55. The van der Waals surface area contributed by atoms with E-state index in [4.69, 9.17) is 4.74 Å². The Balaban J connectivity index is 1.59. The third-order valence-electron chi connectivity index (χ3n) is 5.04. The molecular weight excluding hydrogens is 413 g/mol. The van der Waals surface area contributed by atoms with E-state index >= 15 is 0 Å². The van der Waals surface area contributed by atoms with E-state index in [1.807, 2.05) is 24.3 Å². The van der Waals surface area contributed by atoms with Crippen molar-refractivity contribution in [3.8, 4) is 0 Å². The predicted octanol–water partition coefficient (Wildman–Crippen LogP) is 3.76. The molecule has 0 aliphatic rings. The highest BCUT2D eigenvalue weighted by Gasteiger charge is 2.14. The zero-order valence-corrected chi connectivity index (χ0v) is 18.2. The van der Waals surface area contributed by atoms with Gasteiger partial charge in [-0.15, -0.1) is 0 Å². The van der Waals surface area contributed by atoms with Crippen LogP contribution in [-0.4, -0.2) is 28.0 Å². The molecule has 3 rings (SSSR count). The molecular formula is C24H26FN3O4. The number of carbonyl (C=O) groups excluding carboxylic acids is 2.